The lowest BCUT2D eigenvalue weighted by atomic mass is 9.84. The molecule has 2 aromatic carbocycles. The Bertz CT molecular complexity index is 1610. The highest BCUT2D eigenvalue weighted by Gasteiger charge is 2.59. The zero-order chi connectivity index (χ0) is 33.6. The van der Waals surface area contributed by atoms with Gasteiger partial charge in [-0.25, -0.2) is 4.79 Å². The molecule has 248 valence electrons. The molecule has 47 heavy (non-hydrogen) atoms. The third kappa shape index (κ3) is 7.84. The number of carboxylic acids is 1. The van der Waals surface area contributed by atoms with Crippen molar-refractivity contribution in [2.24, 2.45) is 0 Å². The maximum Gasteiger partial charge on any atom is 0.342 e. The minimum atomic E-state index is -4.60. The number of rotatable bonds is 10. The van der Waals surface area contributed by atoms with Crippen molar-refractivity contribution in [2.75, 3.05) is 11.4 Å². The van der Waals surface area contributed by atoms with E-state index in [0.717, 1.165) is 43.1 Å². The minimum Gasteiger partial charge on any atom is -0.481 e. The number of halogens is 4. The second-order valence-corrected chi connectivity index (χ2v) is 11.4. The zero-order valence-corrected chi connectivity index (χ0v) is 25.2. The van der Waals surface area contributed by atoms with Gasteiger partial charge in [0.1, 0.15) is 6.26 Å². The topological polar surface area (TPSA) is 117 Å². The van der Waals surface area contributed by atoms with Gasteiger partial charge >= 0.3 is 23.8 Å². The first-order chi connectivity index (χ1) is 22.4. The second-order valence-electron chi connectivity index (χ2n) is 11.4. The van der Waals surface area contributed by atoms with Crippen LogP contribution in [0.1, 0.15) is 65.9 Å². The van der Waals surface area contributed by atoms with Crippen LogP contribution in [0.15, 0.2) is 96.5 Å². The third-order valence-corrected chi connectivity index (χ3v) is 8.10. The monoisotopic (exact) mass is 655 g/mol. The van der Waals surface area contributed by atoms with Crippen LogP contribution in [-0.4, -0.2) is 41.4 Å². The summed E-state index contributed by atoms with van der Waals surface area (Å²) in [4.78, 5) is 38.2. The Balaban J connectivity index is 1.33. The van der Waals surface area contributed by atoms with Crippen LogP contribution in [-0.2, 0) is 20.8 Å². The van der Waals surface area contributed by atoms with E-state index in [0.29, 0.717) is 11.6 Å². The summed E-state index contributed by atoms with van der Waals surface area (Å²) in [7, 11) is 0. The Labute approximate surface area is 268 Å². The Morgan fingerprint density at radius 3 is 2.32 bits per heavy atom. The molecule has 0 unspecified atom stereocenters. The van der Waals surface area contributed by atoms with Crippen LogP contribution >= 0.6 is 0 Å². The van der Waals surface area contributed by atoms with Crippen molar-refractivity contribution in [2.45, 2.75) is 62.8 Å². The average molecular weight is 656 g/mol. The number of amides is 3. The van der Waals surface area contributed by atoms with Crippen molar-refractivity contribution in [1.29, 1.82) is 0 Å². The molecular weight excluding hydrogens is 622 g/mol. The van der Waals surface area contributed by atoms with Gasteiger partial charge in [-0.1, -0.05) is 49.6 Å². The summed E-state index contributed by atoms with van der Waals surface area (Å²) in [5.74, 6) is -11.3. The number of anilines is 1. The Morgan fingerprint density at radius 1 is 0.936 bits per heavy atom. The van der Waals surface area contributed by atoms with Crippen LogP contribution in [0.5, 0.6) is 0 Å². The smallest absolute Gasteiger partial charge is 0.342 e. The third-order valence-electron chi connectivity index (χ3n) is 8.10. The van der Waals surface area contributed by atoms with Crippen molar-refractivity contribution >= 4 is 23.6 Å². The fourth-order valence-electron chi connectivity index (χ4n) is 5.53. The molecule has 2 aromatic rings. The number of ether oxygens (including phenoxy) is 2. The molecule has 0 radical (unpaired) electrons. The fraction of sp³-hybridized carbons (Fsp3) is 0.324. The van der Waals surface area contributed by atoms with E-state index >= 15 is 0 Å². The molecule has 0 saturated heterocycles. The van der Waals surface area contributed by atoms with E-state index in [-0.39, 0.29) is 31.1 Å². The summed E-state index contributed by atoms with van der Waals surface area (Å²) in [6.07, 6.45) is 8.89. The molecule has 5 rings (SSSR count). The molecule has 3 N–H and O–H groups in total. The number of allylic oxidation sites excluding steroid dienone is 4. The lowest BCUT2D eigenvalue weighted by molar-refractivity contribution is -0.156. The SMILES string of the molecule is O=C(O)CCNC(=O)c1ccc(N(Cc2ccc(C3CCCCC3)cc2)C(=O)NC2=COC=C(C3=CC=CC(F)(F)C3(F)F)O2)cc1. The molecule has 9 nitrogen and oxygen atoms in total. The quantitative estimate of drug-likeness (QED) is 0.235. The number of hydrogen-bond donors (Lipinski definition) is 3. The number of carboxylic acid groups (broad SMARTS) is 1. The summed E-state index contributed by atoms with van der Waals surface area (Å²) in [5.41, 5.74) is 1.43. The molecule has 3 amide bonds. The number of alkyl halides is 4. The number of nitrogens with one attached hydrogen (secondary N) is 2. The van der Waals surface area contributed by atoms with Gasteiger partial charge in [-0.3, -0.25) is 19.8 Å². The van der Waals surface area contributed by atoms with Gasteiger partial charge in [0, 0.05) is 17.8 Å². The van der Waals surface area contributed by atoms with Crippen LogP contribution in [0.4, 0.5) is 28.0 Å². The summed E-state index contributed by atoms with van der Waals surface area (Å²) in [6, 6.07) is 13.1. The first kappa shape index (κ1) is 33.3. The molecule has 0 aromatic heterocycles. The van der Waals surface area contributed by atoms with Crippen molar-refractivity contribution in [3.63, 3.8) is 0 Å². The molecule has 2 aliphatic carbocycles. The number of nitrogens with zero attached hydrogens (tertiary/aromatic N) is 1. The van der Waals surface area contributed by atoms with E-state index in [4.69, 9.17) is 14.6 Å². The van der Waals surface area contributed by atoms with Crippen molar-refractivity contribution < 1.29 is 46.5 Å². The first-order valence-electron chi connectivity index (χ1n) is 15.1. The van der Waals surface area contributed by atoms with Gasteiger partial charge in [0.2, 0.25) is 5.88 Å². The van der Waals surface area contributed by atoms with Crippen LogP contribution in [0.25, 0.3) is 0 Å². The lowest BCUT2D eigenvalue weighted by Gasteiger charge is -2.30. The Hall–Kier alpha value is -5.07. The molecule has 13 heteroatoms. The second kappa shape index (κ2) is 14.1. The largest absolute Gasteiger partial charge is 0.481 e. The Kier molecular flexibility index (Phi) is 10.0. The maximum absolute atomic E-state index is 14.5. The van der Waals surface area contributed by atoms with E-state index in [1.165, 1.54) is 54.0 Å². The lowest BCUT2D eigenvalue weighted by Crippen LogP contribution is -2.43. The highest BCUT2D eigenvalue weighted by molar-refractivity contribution is 5.96. The van der Waals surface area contributed by atoms with Gasteiger partial charge in [-0.05, 0) is 66.3 Å². The predicted molar refractivity (Wildman–Crippen MR) is 163 cm³/mol. The summed E-state index contributed by atoms with van der Waals surface area (Å²) in [6.45, 7) is -0.0102. The average Bonchev–Trinajstić information content (AvgIpc) is 3.05. The highest BCUT2D eigenvalue weighted by Crippen LogP contribution is 2.46. The van der Waals surface area contributed by atoms with E-state index in [1.54, 1.807) is 0 Å². The number of carbonyl (C=O) groups excluding carboxylic acids is 2. The van der Waals surface area contributed by atoms with Crippen LogP contribution in [0.2, 0.25) is 0 Å². The van der Waals surface area contributed by atoms with Crippen LogP contribution < -0.4 is 15.5 Å². The molecule has 0 spiro atoms. The predicted octanol–water partition coefficient (Wildman–Crippen LogP) is 7.11. The number of benzene rings is 2. The van der Waals surface area contributed by atoms with Crippen LogP contribution in [0, 0.1) is 0 Å². The van der Waals surface area contributed by atoms with Gasteiger partial charge in [0.05, 0.1) is 18.5 Å². The van der Waals surface area contributed by atoms with E-state index in [9.17, 15) is 31.9 Å². The van der Waals surface area contributed by atoms with Gasteiger partial charge in [0.25, 0.3) is 5.91 Å². The maximum atomic E-state index is 14.5. The molecule has 1 saturated carbocycles. The zero-order valence-electron chi connectivity index (χ0n) is 25.2. The van der Waals surface area contributed by atoms with Gasteiger partial charge in [0.15, 0.2) is 12.0 Å². The molecular formula is C34H33F4N3O6. The summed E-state index contributed by atoms with van der Waals surface area (Å²) in [5, 5.41) is 13.8. The molecule has 1 heterocycles. The fourth-order valence-corrected chi connectivity index (χ4v) is 5.53. The first-order valence-corrected chi connectivity index (χ1v) is 15.1. The molecule has 3 aliphatic rings. The van der Waals surface area contributed by atoms with Gasteiger partial charge < -0.3 is 19.9 Å². The summed E-state index contributed by atoms with van der Waals surface area (Å²) >= 11 is 0. The molecule has 1 aliphatic heterocycles. The normalized spacial score (nSPS) is 18.4. The van der Waals surface area contributed by atoms with E-state index in [1.807, 2.05) is 24.3 Å². The number of hydrogen-bond acceptors (Lipinski definition) is 5. The molecule has 0 bridgehead atoms. The van der Waals surface area contributed by atoms with E-state index < -0.39 is 47.0 Å². The highest BCUT2D eigenvalue weighted by atomic mass is 19.3. The number of urea groups is 1. The standard InChI is InChI=1S/C34H33F4N3O6/c35-33(36)17-4-7-27(34(33,37)38)28-20-46-21-29(47-28)40-32(45)41(19-22-8-10-24(11-9-22)23-5-2-1-3-6-23)26-14-12-25(13-15-26)31(44)39-18-16-30(42)43/h4,7-15,17,20-21,23H,1-3,5-6,16,18-19H2,(H,39,44)(H,40,45)(H,42,43). The molecule has 0 atom stereocenters. The van der Waals surface area contributed by atoms with Crippen molar-refractivity contribution in [1.82, 2.24) is 10.6 Å². The van der Waals surface area contributed by atoms with E-state index in [2.05, 4.69) is 10.6 Å². The number of aliphatic carboxylic acids is 1. The van der Waals surface area contributed by atoms with Gasteiger partial charge in [-0.15, -0.1) is 0 Å². The van der Waals surface area contributed by atoms with Crippen LogP contribution in [0.3, 0.4) is 0 Å². The number of carbonyl (C=O) groups is 3. The van der Waals surface area contributed by atoms with Gasteiger partial charge in [-0.2, -0.15) is 17.6 Å². The van der Waals surface area contributed by atoms with Crippen molar-refractivity contribution in [3.05, 3.63) is 113 Å². The Morgan fingerprint density at radius 2 is 1.64 bits per heavy atom. The minimum absolute atomic E-state index is 0.0536. The van der Waals surface area contributed by atoms with Crippen molar-refractivity contribution in [3.8, 4) is 0 Å². The molecule has 1 fully saturated rings. The summed E-state index contributed by atoms with van der Waals surface area (Å²) < 4.78 is 67.4.